The molecule has 0 radical (unpaired) electrons. The van der Waals surface area contributed by atoms with Crippen molar-refractivity contribution in [2.45, 2.75) is 190 Å². The summed E-state index contributed by atoms with van der Waals surface area (Å²) >= 11 is 0. The van der Waals surface area contributed by atoms with Gasteiger partial charge in [0, 0.05) is 146 Å². The Hall–Kier alpha value is -9.81. The number of nitrogens with zero attached hydrogens (tertiary/aromatic N) is 8. The van der Waals surface area contributed by atoms with Gasteiger partial charge in [0.2, 0.25) is 0 Å². The van der Waals surface area contributed by atoms with Crippen molar-refractivity contribution in [3.8, 4) is 23.0 Å². The summed E-state index contributed by atoms with van der Waals surface area (Å²) in [5, 5.41) is 98.9. The predicted molar refractivity (Wildman–Crippen MR) is 400 cm³/mol. The zero-order valence-electron chi connectivity index (χ0n) is 60.5. The van der Waals surface area contributed by atoms with Gasteiger partial charge in [0.05, 0.1) is 24.2 Å². The van der Waals surface area contributed by atoms with E-state index in [0.717, 1.165) is 134 Å². The summed E-state index contributed by atoms with van der Waals surface area (Å²) in [6, 6.07) is 32.7. The Morgan fingerprint density at radius 2 is 0.670 bits per heavy atom. The van der Waals surface area contributed by atoms with Crippen LogP contribution in [0.2, 0.25) is 0 Å². The van der Waals surface area contributed by atoms with Gasteiger partial charge in [-0.05, 0) is 165 Å². The van der Waals surface area contributed by atoms with Crippen molar-refractivity contribution in [1.29, 1.82) is 0 Å². The minimum absolute atomic E-state index is 0.190. The van der Waals surface area contributed by atoms with Gasteiger partial charge in [-0.25, -0.2) is 33.1 Å². The number of ether oxygens (including phenoxy) is 4. The van der Waals surface area contributed by atoms with E-state index in [1.54, 1.807) is 41.6 Å². The smallest absolute Gasteiger partial charge is 0.191 e. The van der Waals surface area contributed by atoms with Gasteiger partial charge in [-0.2, -0.15) is 0 Å². The van der Waals surface area contributed by atoms with E-state index in [0.29, 0.717) is 49.2 Å². The molecule has 0 bridgehead atoms. The van der Waals surface area contributed by atoms with Crippen LogP contribution in [-0.2, 0) is 39.1 Å². The van der Waals surface area contributed by atoms with E-state index in [1.807, 2.05) is 133 Å². The molecular formula is C83H88F3N11O12. The first-order chi connectivity index (χ1) is 52.8. The number of hydrogen-bond acceptors (Lipinski definition) is 19. The Bertz CT molecular complexity index is 5140. The second-order valence-corrected chi connectivity index (χ2v) is 29.6. The minimum atomic E-state index is -1.28. The molecule has 4 saturated carbocycles. The number of benzene rings is 4. The molecule has 11 N–H and O–H groups in total. The predicted octanol–water partition coefficient (Wildman–Crippen LogP) is 9.11. The highest BCUT2D eigenvalue weighted by molar-refractivity contribution is 5.82. The highest BCUT2D eigenvalue weighted by Gasteiger charge is 2.49. The van der Waals surface area contributed by atoms with Gasteiger partial charge in [-0.3, -0.25) is 0 Å². The Balaban J connectivity index is 0.000000111. The first kappa shape index (κ1) is 73.3. The van der Waals surface area contributed by atoms with Crippen molar-refractivity contribution >= 4 is 44.1 Å². The molecule has 0 spiro atoms. The van der Waals surface area contributed by atoms with Crippen molar-refractivity contribution in [3.05, 3.63) is 238 Å². The summed E-state index contributed by atoms with van der Waals surface area (Å²) < 4.78 is 73.3. The van der Waals surface area contributed by atoms with Crippen LogP contribution in [0.4, 0.5) is 13.2 Å². The van der Waals surface area contributed by atoms with Crippen molar-refractivity contribution in [2.24, 2.45) is 0 Å². The molecule has 568 valence electrons. The SMILES string of the molecule is Cc1ccnc2c1ccn2[C@@H]1C[C@H](Oc2c(F)cccc2F)[C@@H](O)[C@H]1O.Cc1ccnc2c1ccn2[C@@H]1C[C@H](Oc2ccc(F)c3c2CNCC3)[C@@H](O)[C@H]1O.Cc1ccnc2c1ccn2[C@@H]1C[C@H](Oc2cccc3c2CNC3)[C@@H](O)[C@H]1O.Cc1ccnc2c1ccn2[C@@H]1C[C@H](Oc2cccc3c2CNC3)[C@@H](O)[C@H]1O. The monoisotopic (exact) mass is 1490 g/mol. The number of aliphatic hydroxyl groups is 8. The number of halogens is 3. The summed E-state index contributed by atoms with van der Waals surface area (Å²) in [6.45, 7) is 12.5. The van der Waals surface area contributed by atoms with E-state index in [2.05, 4.69) is 48.0 Å². The number of fused-ring (bicyclic) bond motifs is 7. The third-order valence-electron chi connectivity index (χ3n) is 23.1. The van der Waals surface area contributed by atoms with Gasteiger partial charge in [-0.1, -0.05) is 30.3 Å². The Morgan fingerprint density at radius 1 is 0.339 bits per heavy atom. The molecule has 16 atom stereocenters. The second-order valence-electron chi connectivity index (χ2n) is 29.6. The second kappa shape index (κ2) is 30.6. The standard InChI is InChI=1S/C22H24FN3O3.2C21H23N3O3.C19H18F2N2O3/c1-12-4-8-25-22-13(12)6-9-26(22)17-10-19(21(28)20(17)27)29-18-3-2-16(23)14-5-7-24-11-15(14)18;2*1-12-5-7-23-21-14(12)6-8-24(21)16-9-18(20(26)19(16)25)27-17-4-2-3-13-10-22-11-15(13)17;1-10-5-7-22-19-11(10)6-8-23(19)14-9-15(17(25)16(14)24)26-18-12(20)3-2-4-13(18)21/h2-4,6,8-9,17,19-21,24,27-28H,5,7,10-11H2,1H3;2*2-8,16,18-20,22,25-26H,9-11H2,1H3;2-8,14-17,24-25H,9H2,1H3/t17-,19+,20+,21-;2*16-,18+,19+,20-;14-,15+,16+,17-/m1111/s1. The molecule has 8 aromatic heterocycles. The lowest BCUT2D eigenvalue weighted by Gasteiger charge is -2.24. The lowest BCUT2D eigenvalue weighted by atomic mass is 9.99. The number of rotatable bonds is 12. The molecule has 23 nitrogen and oxygen atoms in total. The highest BCUT2D eigenvalue weighted by atomic mass is 19.1. The topological polar surface area (TPSA) is 306 Å². The molecule has 109 heavy (non-hydrogen) atoms. The third-order valence-corrected chi connectivity index (χ3v) is 23.1. The van der Waals surface area contributed by atoms with Gasteiger partial charge in [0.1, 0.15) is 119 Å². The van der Waals surface area contributed by atoms with Gasteiger partial charge in [0.25, 0.3) is 0 Å². The summed E-state index contributed by atoms with van der Waals surface area (Å²) in [6.07, 6.45) is 6.26. The number of hydrogen-bond donors (Lipinski definition) is 11. The van der Waals surface area contributed by atoms with E-state index in [4.69, 9.17) is 18.9 Å². The Morgan fingerprint density at radius 3 is 1.04 bits per heavy atom. The number of aromatic nitrogens is 8. The van der Waals surface area contributed by atoms with Crippen LogP contribution in [0, 0.1) is 45.1 Å². The molecule has 3 aliphatic heterocycles. The quantitative estimate of drug-likeness (QED) is 0.0543. The van der Waals surface area contributed by atoms with E-state index < -0.39 is 96.7 Å². The van der Waals surface area contributed by atoms with Crippen LogP contribution >= 0.6 is 0 Å². The van der Waals surface area contributed by atoms with Crippen LogP contribution in [0.25, 0.3) is 44.1 Å². The van der Waals surface area contributed by atoms with Gasteiger partial charge < -0.3 is 94.0 Å². The molecule has 11 heterocycles. The maximum absolute atomic E-state index is 14.1. The minimum Gasteiger partial charge on any atom is -0.487 e. The van der Waals surface area contributed by atoms with Gasteiger partial charge in [-0.15, -0.1) is 0 Å². The Labute approximate surface area is 625 Å². The molecule has 4 aliphatic carbocycles. The van der Waals surface area contributed by atoms with Crippen molar-refractivity contribution < 1.29 is 73.0 Å². The molecule has 0 saturated heterocycles. The van der Waals surface area contributed by atoms with E-state index in [-0.39, 0.29) is 30.4 Å². The maximum Gasteiger partial charge on any atom is 0.191 e. The molecule has 26 heteroatoms. The number of pyridine rings is 4. The molecule has 7 aliphatic rings. The lowest BCUT2D eigenvalue weighted by molar-refractivity contribution is -0.0181. The fourth-order valence-electron chi connectivity index (χ4n) is 17.0. The van der Waals surface area contributed by atoms with Crippen LogP contribution < -0.4 is 34.9 Å². The Kier molecular flexibility index (Phi) is 20.6. The molecule has 4 aromatic carbocycles. The van der Waals surface area contributed by atoms with Crippen molar-refractivity contribution in [3.63, 3.8) is 0 Å². The third kappa shape index (κ3) is 13.8. The van der Waals surface area contributed by atoms with Crippen molar-refractivity contribution in [2.75, 3.05) is 6.54 Å². The first-order valence-electron chi connectivity index (χ1n) is 37.2. The van der Waals surface area contributed by atoms with Crippen LogP contribution in [0.3, 0.4) is 0 Å². The average molecular weight is 1490 g/mol. The molecule has 0 unspecified atom stereocenters. The summed E-state index contributed by atoms with van der Waals surface area (Å²) in [5.74, 6) is -0.314. The van der Waals surface area contributed by atoms with Crippen LogP contribution in [-0.4, -0.2) is 159 Å². The summed E-state index contributed by atoms with van der Waals surface area (Å²) in [7, 11) is 0. The largest absolute Gasteiger partial charge is 0.487 e. The van der Waals surface area contributed by atoms with E-state index in [1.165, 1.54) is 23.3 Å². The average Bonchev–Trinajstić information content (AvgIpc) is 1.64. The first-order valence-corrected chi connectivity index (χ1v) is 37.2. The number of aliphatic hydroxyl groups excluding tert-OH is 8. The van der Waals surface area contributed by atoms with Gasteiger partial charge in [0.15, 0.2) is 17.4 Å². The van der Waals surface area contributed by atoms with Crippen molar-refractivity contribution in [1.82, 2.24) is 54.2 Å². The number of aryl methyl sites for hydroxylation is 4. The normalized spacial score (nSPS) is 26.7. The summed E-state index contributed by atoms with van der Waals surface area (Å²) in [5.41, 5.74) is 13.8. The number of para-hydroxylation sites is 1. The van der Waals surface area contributed by atoms with Gasteiger partial charge >= 0.3 is 0 Å². The zero-order chi connectivity index (χ0) is 75.6. The van der Waals surface area contributed by atoms with Crippen LogP contribution in [0.5, 0.6) is 23.0 Å². The fourth-order valence-corrected chi connectivity index (χ4v) is 17.0. The lowest BCUT2D eigenvalue weighted by Crippen LogP contribution is -2.35. The molecule has 4 fully saturated rings. The van der Waals surface area contributed by atoms with E-state index in [9.17, 15) is 54.0 Å². The molecular weight excluding hydrogens is 1400 g/mol. The zero-order valence-corrected chi connectivity index (χ0v) is 60.5. The molecule has 0 amide bonds. The fraction of sp³-hybridized carbons (Fsp3) is 0.373. The van der Waals surface area contributed by atoms with E-state index >= 15 is 0 Å². The molecule has 12 aromatic rings. The van der Waals surface area contributed by atoms with Crippen LogP contribution in [0.15, 0.2) is 165 Å². The molecule has 19 rings (SSSR count). The number of nitrogens with one attached hydrogen (secondary N) is 3. The van der Waals surface area contributed by atoms with Crippen LogP contribution in [0.1, 0.15) is 105 Å². The highest BCUT2D eigenvalue weighted by Crippen LogP contribution is 2.43. The summed E-state index contributed by atoms with van der Waals surface area (Å²) in [4.78, 5) is 17.8. The maximum atomic E-state index is 14.1.